The van der Waals surface area contributed by atoms with Crippen molar-refractivity contribution < 1.29 is 0 Å². The van der Waals surface area contributed by atoms with Gasteiger partial charge in [0.05, 0.1) is 10.0 Å². The van der Waals surface area contributed by atoms with Crippen LogP contribution in [0.15, 0.2) is 36.4 Å². The summed E-state index contributed by atoms with van der Waals surface area (Å²) < 4.78 is 0. The van der Waals surface area contributed by atoms with Gasteiger partial charge in [0.15, 0.2) is 0 Å². The van der Waals surface area contributed by atoms with E-state index < -0.39 is 0 Å². The van der Waals surface area contributed by atoms with Gasteiger partial charge in [0, 0.05) is 21.2 Å². The van der Waals surface area contributed by atoms with Crippen LogP contribution in [0, 0.1) is 0 Å². The van der Waals surface area contributed by atoms with E-state index in [0.717, 1.165) is 44.1 Å². The Morgan fingerprint density at radius 2 is 1.74 bits per heavy atom. The van der Waals surface area contributed by atoms with E-state index in [2.05, 4.69) is 25.2 Å². The molecule has 0 radical (unpaired) electrons. The zero-order valence-electron chi connectivity index (χ0n) is 10.7. The van der Waals surface area contributed by atoms with Crippen molar-refractivity contribution in [2.75, 3.05) is 0 Å². The van der Waals surface area contributed by atoms with Gasteiger partial charge in [-0.3, -0.25) is 0 Å². The van der Waals surface area contributed by atoms with Crippen molar-refractivity contribution in [1.82, 2.24) is 0 Å². The number of allylic oxidation sites excluding steroid dienone is 2. The number of hydrogen-bond donors (Lipinski definition) is 0. The summed E-state index contributed by atoms with van der Waals surface area (Å²) in [5.41, 5.74) is 1.35. The third kappa shape index (κ3) is 2.00. The second kappa shape index (κ2) is 5.03. The largest absolute Gasteiger partial charge is 0.0830 e. The van der Waals surface area contributed by atoms with E-state index in [9.17, 15) is 0 Å². The highest BCUT2D eigenvalue weighted by atomic mass is 35.5. The quantitative estimate of drug-likeness (QED) is 0.727. The number of rotatable bonds is 1. The average Bonchev–Trinajstić information content (AvgIpc) is 2.67. The highest BCUT2D eigenvalue weighted by Crippen LogP contribution is 2.25. The van der Waals surface area contributed by atoms with Crippen LogP contribution in [0.2, 0.25) is 10.0 Å². The summed E-state index contributed by atoms with van der Waals surface area (Å²) in [5, 5.41) is 5.86. The minimum Gasteiger partial charge on any atom is -0.0830 e. The SMILES string of the molecule is CCC1=c2c(Cl)c3ccccc3c(Cl)c2=CC=CC1. The van der Waals surface area contributed by atoms with E-state index in [4.69, 9.17) is 23.2 Å². The van der Waals surface area contributed by atoms with Crippen molar-refractivity contribution in [3.8, 4) is 0 Å². The summed E-state index contributed by atoms with van der Waals surface area (Å²) in [6.45, 7) is 2.16. The fourth-order valence-corrected chi connectivity index (χ4v) is 3.40. The molecule has 0 bridgehead atoms. The molecule has 0 nitrogen and oxygen atoms in total. The second-order valence-corrected chi connectivity index (χ2v) is 5.47. The maximum atomic E-state index is 6.65. The van der Waals surface area contributed by atoms with Gasteiger partial charge in [-0.2, -0.15) is 0 Å². The van der Waals surface area contributed by atoms with E-state index in [1.54, 1.807) is 0 Å². The van der Waals surface area contributed by atoms with Crippen molar-refractivity contribution in [1.29, 1.82) is 0 Å². The molecule has 0 spiro atoms. The molecule has 0 atom stereocenters. The molecule has 0 amide bonds. The number of hydrogen-bond acceptors (Lipinski definition) is 0. The Balaban J connectivity index is 2.65. The molecule has 0 N–H and O–H groups in total. The van der Waals surface area contributed by atoms with Crippen LogP contribution in [0.4, 0.5) is 0 Å². The topological polar surface area (TPSA) is 0 Å². The van der Waals surface area contributed by atoms with Gasteiger partial charge in [0.25, 0.3) is 0 Å². The Bertz CT molecular complexity index is 798. The van der Waals surface area contributed by atoms with E-state index >= 15 is 0 Å². The van der Waals surface area contributed by atoms with Gasteiger partial charge in [0.2, 0.25) is 0 Å². The molecule has 1 aliphatic carbocycles. The summed E-state index contributed by atoms with van der Waals surface area (Å²) in [7, 11) is 0. The number of benzene rings is 2. The lowest BCUT2D eigenvalue weighted by atomic mass is 10.0. The van der Waals surface area contributed by atoms with Crippen LogP contribution in [0.25, 0.3) is 22.4 Å². The molecule has 2 aromatic rings. The molecule has 0 aliphatic heterocycles. The van der Waals surface area contributed by atoms with Crippen molar-refractivity contribution in [3.05, 3.63) is 56.9 Å². The standard InChI is InChI=1S/C17H14Cl2/c1-2-11-7-3-4-10-14-15(11)17(19)13-9-6-5-8-12(13)16(14)18/h3-6,8-10H,2,7H2,1H3. The smallest absolute Gasteiger partial charge is 0.0563 e. The highest BCUT2D eigenvalue weighted by molar-refractivity contribution is 6.40. The predicted octanol–water partition coefficient (Wildman–Crippen LogP) is 4.45. The fraction of sp³-hybridized carbons (Fsp3) is 0.176. The molecule has 0 saturated heterocycles. The molecule has 2 heteroatoms. The van der Waals surface area contributed by atoms with Gasteiger partial charge < -0.3 is 0 Å². The van der Waals surface area contributed by atoms with E-state index in [1.165, 1.54) is 5.57 Å². The molecule has 0 saturated carbocycles. The van der Waals surface area contributed by atoms with Crippen molar-refractivity contribution in [2.24, 2.45) is 0 Å². The Morgan fingerprint density at radius 3 is 2.42 bits per heavy atom. The first-order valence-corrected chi connectivity index (χ1v) is 7.24. The Labute approximate surface area is 122 Å². The average molecular weight is 289 g/mol. The number of halogens is 2. The van der Waals surface area contributed by atoms with Crippen LogP contribution in [0.1, 0.15) is 19.8 Å². The van der Waals surface area contributed by atoms with E-state index in [1.807, 2.05) is 24.3 Å². The summed E-state index contributed by atoms with van der Waals surface area (Å²) in [6.07, 6.45) is 8.22. The molecule has 0 fully saturated rings. The molecule has 96 valence electrons. The van der Waals surface area contributed by atoms with Crippen LogP contribution in [0.3, 0.4) is 0 Å². The Morgan fingerprint density at radius 1 is 1.05 bits per heavy atom. The fourth-order valence-electron chi connectivity index (χ4n) is 2.67. The summed E-state index contributed by atoms with van der Waals surface area (Å²) in [6, 6.07) is 8.06. The summed E-state index contributed by atoms with van der Waals surface area (Å²) in [4.78, 5) is 0. The molecule has 1 aliphatic rings. The highest BCUT2D eigenvalue weighted by Gasteiger charge is 2.11. The minimum absolute atomic E-state index is 0.799. The predicted molar refractivity (Wildman–Crippen MR) is 85.1 cm³/mol. The van der Waals surface area contributed by atoms with E-state index in [0.29, 0.717) is 0 Å². The van der Waals surface area contributed by atoms with Crippen LogP contribution in [-0.4, -0.2) is 0 Å². The summed E-state index contributed by atoms with van der Waals surface area (Å²) >= 11 is 13.2. The van der Waals surface area contributed by atoms with Crippen LogP contribution in [-0.2, 0) is 0 Å². The normalized spacial score (nSPS) is 14.2. The zero-order valence-corrected chi connectivity index (χ0v) is 12.2. The second-order valence-electron chi connectivity index (χ2n) is 4.72. The lowest BCUT2D eigenvalue weighted by Crippen LogP contribution is -2.29. The molecule has 2 aromatic carbocycles. The lowest BCUT2D eigenvalue weighted by molar-refractivity contribution is 1.15. The minimum atomic E-state index is 0.799. The Hall–Kier alpha value is -1.24. The first-order valence-electron chi connectivity index (χ1n) is 6.48. The van der Waals surface area contributed by atoms with Crippen molar-refractivity contribution in [3.63, 3.8) is 0 Å². The van der Waals surface area contributed by atoms with Gasteiger partial charge >= 0.3 is 0 Å². The van der Waals surface area contributed by atoms with Crippen LogP contribution < -0.4 is 10.4 Å². The third-order valence-corrected chi connectivity index (χ3v) is 4.47. The maximum Gasteiger partial charge on any atom is 0.0563 e. The van der Waals surface area contributed by atoms with E-state index in [-0.39, 0.29) is 0 Å². The molecule has 0 aromatic heterocycles. The molecule has 0 heterocycles. The van der Waals surface area contributed by atoms with Gasteiger partial charge in [0.1, 0.15) is 0 Å². The molecule has 0 unspecified atom stereocenters. The molecular weight excluding hydrogens is 275 g/mol. The molecular formula is C17H14Cl2. The van der Waals surface area contributed by atoms with Crippen molar-refractivity contribution in [2.45, 2.75) is 19.8 Å². The Kier molecular flexibility index (Phi) is 3.38. The van der Waals surface area contributed by atoms with Crippen LogP contribution >= 0.6 is 23.2 Å². The molecule has 3 rings (SSSR count). The van der Waals surface area contributed by atoms with Gasteiger partial charge in [-0.05, 0) is 12.8 Å². The first kappa shape index (κ1) is 12.8. The lowest BCUT2D eigenvalue weighted by Gasteiger charge is -2.09. The monoisotopic (exact) mass is 288 g/mol. The zero-order chi connectivity index (χ0) is 13.4. The summed E-state index contributed by atoms with van der Waals surface area (Å²) in [5.74, 6) is 0. The third-order valence-electron chi connectivity index (χ3n) is 3.67. The maximum absolute atomic E-state index is 6.65. The molecule has 19 heavy (non-hydrogen) atoms. The number of fused-ring (bicyclic) bond motifs is 2. The first-order chi connectivity index (χ1) is 9.24. The van der Waals surface area contributed by atoms with Gasteiger partial charge in [-0.1, -0.05) is 78.2 Å². The van der Waals surface area contributed by atoms with Gasteiger partial charge in [-0.25, -0.2) is 0 Å². The van der Waals surface area contributed by atoms with Gasteiger partial charge in [-0.15, -0.1) is 0 Å². The van der Waals surface area contributed by atoms with Crippen molar-refractivity contribution >= 4 is 45.6 Å². The van der Waals surface area contributed by atoms with Crippen LogP contribution in [0.5, 0.6) is 0 Å².